The van der Waals surface area contributed by atoms with Gasteiger partial charge < -0.3 is 15.0 Å². The summed E-state index contributed by atoms with van der Waals surface area (Å²) in [4.78, 5) is 0. The maximum absolute atomic E-state index is 6.30. The first-order valence-electron chi connectivity index (χ1n) is 6.72. The lowest BCUT2D eigenvalue weighted by Crippen LogP contribution is -2.17. The molecule has 96 valence electrons. The minimum atomic E-state index is 0.175. The van der Waals surface area contributed by atoms with Crippen LogP contribution in [0.5, 0.6) is 5.75 Å². The molecule has 0 aliphatic heterocycles. The predicted molar refractivity (Wildman–Crippen MR) is 74.0 cm³/mol. The highest BCUT2D eigenvalue weighted by molar-refractivity contribution is 5.87. The second-order valence-corrected chi connectivity index (χ2v) is 5.03. The Morgan fingerprint density at radius 3 is 3.06 bits per heavy atom. The lowest BCUT2D eigenvalue weighted by atomic mass is 9.91. The number of aromatic nitrogens is 1. The van der Waals surface area contributed by atoms with Crippen molar-refractivity contribution >= 4 is 10.9 Å². The van der Waals surface area contributed by atoms with E-state index in [1.165, 1.54) is 28.6 Å². The first-order chi connectivity index (χ1) is 8.72. The van der Waals surface area contributed by atoms with E-state index >= 15 is 0 Å². The number of ether oxygens (including phenoxy) is 1. The summed E-state index contributed by atoms with van der Waals surface area (Å²) in [5.74, 6) is 0.941. The van der Waals surface area contributed by atoms with Crippen LogP contribution in [0.1, 0.15) is 37.1 Å². The Hall–Kier alpha value is -1.48. The van der Waals surface area contributed by atoms with Gasteiger partial charge in [-0.25, -0.2) is 0 Å². The van der Waals surface area contributed by atoms with Gasteiger partial charge in [0, 0.05) is 29.7 Å². The topological polar surface area (TPSA) is 40.2 Å². The summed E-state index contributed by atoms with van der Waals surface area (Å²) in [5, 5.41) is 1.27. The quantitative estimate of drug-likeness (QED) is 0.882. The number of nitrogens with zero attached hydrogens (tertiary/aromatic N) is 1. The van der Waals surface area contributed by atoms with Crippen molar-refractivity contribution in [3.8, 4) is 5.75 Å². The Bertz CT molecular complexity index is 586. The standard InChI is InChI=1S/C15H20N2O/c1-3-18-10-7-8-13-11(9-10)15-12(16)5-4-6-14(15)17(13)2/h7-9,12H,3-6,16H2,1-2H3. The summed E-state index contributed by atoms with van der Waals surface area (Å²) in [6.45, 7) is 2.71. The molecule has 2 aromatic rings. The van der Waals surface area contributed by atoms with Crippen LogP contribution < -0.4 is 10.5 Å². The van der Waals surface area contributed by atoms with E-state index in [1.54, 1.807) is 0 Å². The number of aryl methyl sites for hydroxylation is 1. The van der Waals surface area contributed by atoms with E-state index in [0.29, 0.717) is 6.61 Å². The van der Waals surface area contributed by atoms with Crippen molar-refractivity contribution in [2.24, 2.45) is 12.8 Å². The summed E-state index contributed by atoms with van der Waals surface area (Å²) in [6, 6.07) is 6.51. The van der Waals surface area contributed by atoms with Gasteiger partial charge in [0.05, 0.1) is 6.61 Å². The van der Waals surface area contributed by atoms with Crippen molar-refractivity contribution in [2.75, 3.05) is 6.61 Å². The van der Waals surface area contributed by atoms with Gasteiger partial charge in [0.2, 0.25) is 0 Å². The lowest BCUT2D eigenvalue weighted by molar-refractivity contribution is 0.340. The van der Waals surface area contributed by atoms with Crippen molar-refractivity contribution in [1.29, 1.82) is 0 Å². The van der Waals surface area contributed by atoms with Gasteiger partial charge in [0.15, 0.2) is 0 Å². The molecule has 3 rings (SSSR count). The van der Waals surface area contributed by atoms with Crippen molar-refractivity contribution in [3.05, 3.63) is 29.5 Å². The molecule has 1 aromatic carbocycles. The third kappa shape index (κ3) is 1.62. The van der Waals surface area contributed by atoms with Gasteiger partial charge in [-0.3, -0.25) is 0 Å². The minimum Gasteiger partial charge on any atom is -0.494 e. The molecule has 1 heterocycles. The van der Waals surface area contributed by atoms with E-state index in [9.17, 15) is 0 Å². The molecule has 0 saturated heterocycles. The Balaban J connectivity index is 2.24. The highest BCUT2D eigenvalue weighted by Gasteiger charge is 2.24. The summed E-state index contributed by atoms with van der Waals surface area (Å²) < 4.78 is 7.89. The lowest BCUT2D eigenvalue weighted by Gasteiger charge is -2.20. The average Bonchev–Trinajstić information content (AvgIpc) is 2.65. The fraction of sp³-hybridized carbons (Fsp3) is 0.467. The Labute approximate surface area is 108 Å². The molecule has 1 atom stereocenters. The molecule has 1 aliphatic carbocycles. The number of fused-ring (bicyclic) bond motifs is 3. The van der Waals surface area contributed by atoms with Crippen LogP contribution in [-0.2, 0) is 13.5 Å². The maximum Gasteiger partial charge on any atom is 0.120 e. The zero-order chi connectivity index (χ0) is 12.7. The first kappa shape index (κ1) is 11.6. The molecule has 3 nitrogen and oxygen atoms in total. The maximum atomic E-state index is 6.30. The molecule has 0 amide bonds. The second-order valence-electron chi connectivity index (χ2n) is 5.03. The molecule has 0 saturated carbocycles. The third-order valence-electron chi connectivity index (χ3n) is 3.95. The van der Waals surface area contributed by atoms with Gasteiger partial charge >= 0.3 is 0 Å². The number of hydrogen-bond donors (Lipinski definition) is 1. The number of benzene rings is 1. The second kappa shape index (κ2) is 4.32. The van der Waals surface area contributed by atoms with Crippen LogP contribution in [0.25, 0.3) is 10.9 Å². The summed E-state index contributed by atoms with van der Waals surface area (Å²) in [7, 11) is 2.14. The SMILES string of the molecule is CCOc1ccc2c(c1)c1c(n2C)CCCC1N. The summed E-state index contributed by atoms with van der Waals surface area (Å²) >= 11 is 0. The highest BCUT2D eigenvalue weighted by Crippen LogP contribution is 2.37. The van der Waals surface area contributed by atoms with Gasteiger partial charge in [-0.2, -0.15) is 0 Å². The van der Waals surface area contributed by atoms with E-state index in [1.807, 2.05) is 13.0 Å². The van der Waals surface area contributed by atoms with E-state index in [0.717, 1.165) is 18.6 Å². The Morgan fingerprint density at radius 1 is 1.44 bits per heavy atom. The van der Waals surface area contributed by atoms with Crippen molar-refractivity contribution in [2.45, 2.75) is 32.2 Å². The molecule has 3 heteroatoms. The van der Waals surface area contributed by atoms with E-state index in [2.05, 4.69) is 23.7 Å². The molecule has 0 spiro atoms. The van der Waals surface area contributed by atoms with Gasteiger partial charge in [-0.1, -0.05) is 0 Å². The number of nitrogens with two attached hydrogens (primary N) is 1. The number of hydrogen-bond acceptors (Lipinski definition) is 2. The van der Waals surface area contributed by atoms with Crippen molar-refractivity contribution in [1.82, 2.24) is 4.57 Å². The largest absolute Gasteiger partial charge is 0.494 e. The molecule has 1 aromatic heterocycles. The smallest absolute Gasteiger partial charge is 0.120 e. The van der Waals surface area contributed by atoms with Gasteiger partial charge in [0.25, 0.3) is 0 Å². The molecular weight excluding hydrogens is 224 g/mol. The van der Waals surface area contributed by atoms with Crippen LogP contribution in [0.2, 0.25) is 0 Å². The van der Waals surface area contributed by atoms with Crippen LogP contribution >= 0.6 is 0 Å². The highest BCUT2D eigenvalue weighted by atomic mass is 16.5. The van der Waals surface area contributed by atoms with Gasteiger partial charge in [-0.15, -0.1) is 0 Å². The van der Waals surface area contributed by atoms with E-state index < -0.39 is 0 Å². The molecule has 0 fully saturated rings. The molecule has 0 bridgehead atoms. The van der Waals surface area contributed by atoms with E-state index in [-0.39, 0.29) is 6.04 Å². The minimum absolute atomic E-state index is 0.175. The predicted octanol–water partition coefficient (Wildman–Crippen LogP) is 2.91. The third-order valence-corrected chi connectivity index (χ3v) is 3.95. The Morgan fingerprint density at radius 2 is 2.28 bits per heavy atom. The van der Waals surface area contributed by atoms with Crippen LogP contribution in [0.15, 0.2) is 18.2 Å². The van der Waals surface area contributed by atoms with Crippen LogP contribution in [0.3, 0.4) is 0 Å². The van der Waals surface area contributed by atoms with Gasteiger partial charge in [-0.05, 0) is 49.9 Å². The molecule has 1 aliphatic rings. The average molecular weight is 244 g/mol. The monoisotopic (exact) mass is 244 g/mol. The molecule has 18 heavy (non-hydrogen) atoms. The van der Waals surface area contributed by atoms with Gasteiger partial charge in [0.1, 0.15) is 5.75 Å². The van der Waals surface area contributed by atoms with Crippen molar-refractivity contribution < 1.29 is 4.74 Å². The molecule has 0 radical (unpaired) electrons. The molecule has 1 unspecified atom stereocenters. The zero-order valence-electron chi connectivity index (χ0n) is 11.1. The Kier molecular flexibility index (Phi) is 2.78. The number of rotatable bonds is 2. The fourth-order valence-corrected chi connectivity index (χ4v) is 3.11. The van der Waals surface area contributed by atoms with Crippen LogP contribution in [0.4, 0.5) is 0 Å². The van der Waals surface area contributed by atoms with Crippen molar-refractivity contribution in [3.63, 3.8) is 0 Å². The summed E-state index contributed by atoms with van der Waals surface area (Å²) in [6.07, 6.45) is 3.42. The van der Waals surface area contributed by atoms with E-state index in [4.69, 9.17) is 10.5 Å². The molecule has 2 N–H and O–H groups in total. The van der Waals surface area contributed by atoms with Crippen LogP contribution in [-0.4, -0.2) is 11.2 Å². The summed E-state index contributed by atoms with van der Waals surface area (Å²) in [5.41, 5.74) is 10.3. The molecular formula is C15H20N2O. The normalized spacial score (nSPS) is 18.9. The zero-order valence-corrected chi connectivity index (χ0v) is 11.1. The van der Waals surface area contributed by atoms with Crippen LogP contribution in [0, 0.1) is 0 Å². The fourth-order valence-electron chi connectivity index (χ4n) is 3.11. The first-order valence-corrected chi connectivity index (χ1v) is 6.72.